The highest BCUT2D eigenvalue weighted by molar-refractivity contribution is 14.1. The van der Waals surface area contributed by atoms with E-state index in [1.165, 1.54) is 0 Å². The summed E-state index contributed by atoms with van der Waals surface area (Å²) in [7, 11) is 0. The molecule has 0 aliphatic heterocycles. The molecule has 7 nitrogen and oxygen atoms in total. The Bertz CT molecular complexity index is 587. The summed E-state index contributed by atoms with van der Waals surface area (Å²) in [5.41, 5.74) is 6.13. The molecule has 112 valence electrons. The number of nitrogens with two attached hydrogens (primary N) is 1. The van der Waals surface area contributed by atoms with E-state index < -0.39 is 24.5 Å². The van der Waals surface area contributed by atoms with E-state index in [2.05, 4.69) is 10.6 Å². The molecule has 1 aliphatic carbocycles. The van der Waals surface area contributed by atoms with Crippen molar-refractivity contribution in [1.29, 1.82) is 0 Å². The number of benzene rings is 1. The largest absolute Gasteiger partial charge is 0.452 e. The number of anilines is 1. The molecule has 3 amide bonds. The summed E-state index contributed by atoms with van der Waals surface area (Å²) in [5.74, 6) is -1.39. The fourth-order valence-corrected chi connectivity index (χ4v) is 2.02. The van der Waals surface area contributed by atoms with E-state index in [9.17, 15) is 14.4 Å². The van der Waals surface area contributed by atoms with Crippen molar-refractivity contribution in [3.63, 3.8) is 0 Å². The molecular formula is C13H14IN3O4. The zero-order valence-corrected chi connectivity index (χ0v) is 13.2. The molecule has 0 atom stereocenters. The van der Waals surface area contributed by atoms with E-state index in [0.29, 0.717) is 0 Å². The number of hydrogen-bond donors (Lipinski definition) is 3. The number of rotatable bonds is 4. The van der Waals surface area contributed by atoms with Crippen LogP contribution in [0.3, 0.4) is 0 Å². The Morgan fingerprint density at radius 2 is 2.05 bits per heavy atom. The number of ether oxygens (including phenoxy) is 1. The van der Waals surface area contributed by atoms with Gasteiger partial charge in [-0.3, -0.25) is 10.1 Å². The standard InChI is InChI=1S/C13H14IN3O4/c14-7-1-4-10(15)9(5-7)12(19)21-6-11(18)17-13(20)16-8-2-3-8/h1,4-5,8H,2-3,6,15H2,(H2,16,17,18,20). The first-order valence-corrected chi connectivity index (χ1v) is 7.36. The summed E-state index contributed by atoms with van der Waals surface area (Å²) in [6, 6.07) is 4.47. The number of hydrogen-bond acceptors (Lipinski definition) is 5. The Labute approximate surface area is 134 Å². The fraction of sp³-hybridized carbons (Fsp3) is 0.308. The van der Waals surface area contributed by atoms with Crippen molar-refractivity contribution in [2.45, 2.75) is 18.9 Å². The number of halogens is 1. The van der Waals surface area contributed by atoms with Gasteiger partial charge < -0.3 is 15.8 Å². The van der Waals surface area contributed by atoms with Gasteiger partial charge >= 0.3 is 12.0 Å². The van der Waals surface area contributed by atoms with Gasteiger partial charge in [0.25, 0.3) is 5.91 Å². The molecule has 0 aromatic heterocycles. The van der Waals surface area contributed by atoms with Gasteiger partial charge in [-0.05, 0) is 53.6 Å². The third kappa shape index (κ3) is 4.88. The lowest BCUT2D eigenvalue weighted by atomic mass is 10.2. The maximum Gasteiger partial charge on any atom is 0.340 e. The van der Waals surface area contributed by atoms with Crippen molar-refractivity contribution >= 4 is 46.2 Å². The van der Waals surface area contributed by atoms with Gasteiger partial charge in [-0.15, -0.1) is 0 Å². The van der Waals surface area contributed by atoms with E-state index in [-0.39, 0.29) is 17.3 Å². The summed E-state index contributed by atoms with van der Waals surface area (Å²) in [4.78, 5) is 34.6. The molecule has 1 fully saturated rings. The van der Waals surface area contributed by atoms with Crippen molar-refractivity contribution in [3.8, 4) is 0 Å². The van der Waals surface area contributed by atoms with Crippen molar-refractivity contribution in [2.75, 3.05) is 12.3 Å². The number of carbonyl (C=O) groups is 3. The van der Waals surface area contributed by atoms with Crippen LogP contribution in [0.2, 0.25) is 0 Å². The normalized spacial score (nSPS) is 13.4. The smallest absolute Gasteiger partial charge is 0.340 e. The first-order valence-electron chi connectivity index (χ1n) is 6.28. The second-order valence-corrected chi connectivity index (χ2v) is 5.85. The summed E-state index contributed by atoms with van der Waals surface area (Å²) in [5, 5.41) is 4.67. The van der Waals surface area contributed by atoms with Crippen molar-refractivity contribution in [3.05, 3.63) is 27.3 Å². The van der Waals surface area contributed by atoms with Gasteiger partial charge in [-0.25, -0.2) is 9.59 Å². The minimum atomic E-state index is -0.705. The lowest BCUT2D eigenvalue weighted by Gasteiger charge is -2.08. The first-order chi connectivity index (χ1) is 9.95. The van der Waals surface area contributed by atoms with Crippen LogP contribution in [0.1, 0.15) is 23.2 Å². The molecule has 1 aromatic carbocycles. The molecule has 0 unspecified atom stereocenters. The van der Waals surface area contributed by atoms with E-state index in [0.717, 1.165) is 16.4 Å². The number of nitrogens with one attached hydrogen (secondary N) is 2. The van der Waals surface area contributed by atoms with Crippen molar-refractivity contribution in [2.24, 2.45) is 0 Å². The Hall–Kier alpha value is -1.84. The maximum absolute atomic E-state index is 11.8. The van der Waals surface area contributed by atoms with E-state index in [1.54, 1.807) is 18.2 Å². The van der Waals surface area contributed by atoms with Gasteiger partial charge in [0.2, 0.25) is 0 Å². The lowest BCUT2D eigenvalue weighted by Crippen LogP contribution is -2.42. The van der Waals surface area contributed by atoms with E-state index in [4.69, 9.17) is 10.5 Å². The summed E-state index contributed by atoms with van der Waals surface area (Å²) in [6.45, 7) is -0.540. The molecule has 4 N–H and O–H groups in total. The van der Waals surface area contributed by atoms with Gasteiger partial charge in [-0.2, -0.15) is 0 Å². The van der Waals surface area contributed by atoms with E-state index in [1.807, 2.05) is 22.6 Å². The zero-order chi connectivity index (χ0) is 15.4. The number of nitrogen functional groups attached to an aromatic ring is 1. The van der Waals surface area contributed by atoms with Gasteiger partial charge in [0.1, 0.15) is 0 Å². The maximum atomic E-state index is 11.8. The third-order valence-corrected chi connectivity index (χ3v) is 3.41. The van der Waals surface area contributed by atoms with Crippen molar-refractivity contribution in [1.82, 2.24) is 10.6 Å². The van der Waals surface area contributed by atoms with Crippen LogP contribution >= 0.6 is 22.6 Å². The summed E-state index contributed by atoms with van der Waals surface area (Å²) in [6.07, 6.45) is 1.84. The highest BCUT2D eigenvalue weighted by atomic mass is 127. The van der Waals surface area contributed by atoms with Crippen LogP contribution in [0, 0.1) is 3.57 Å². The Balaban J connectivity index is 1.81. The van der Waals surface area contributed by atoms with Crippen LogP contribution in [-0.4, -0.2) is 30.6 Å². The number of urea groups is 1. The minimum Gasteiger partial charge on any atom is -0.452 e. The molecule has 2 rings (SSSR count). The molecule has 0 heterocycles. The number of imide groups is 1. The molecule has 1 saturated carbocycles. The van der Waals surface area contributed by atoms with Crippen LogP contribution in [0.5, 0.6) is 0 Å². The van der Waals surface area contributed by atoms with Gasteiger partial charge in [0.15, 0.2) is 6.61 Å². The van der Waals surface area contributed by atoms with Crippen LogP contribution in [0.4, 0.5) is 10.5 Å². The van der Waals surface area contributed by atoms with Gasteiger partial charge in [-0.1, -0.05) is 0 Å². The van der Waals surface area contributed by atoms with Crippen LogP contribution < -0.4 is 16.4 Å². The molecule has 1 aliphatic rings. The second kappa shape index (κ2) is 6.74. The quantitative estimate of drug-likeness (QED) is 0.395. The van der Waals surface area contributed by atoms with Crippen molar-refractivity contribution < 1.29 is 19.1 Å². The first kappa shape index (κ1) is 15.5. The van der Waals surface area contributed by atoms with Gasteiger partial charge in [0.05, 0.1) is 5.56 Å². The average molecular weight is 403 g/mol. The Morgan fingerprint density at radius 3 is 2.71 bits per heavy atom. The molecule has 0 saturated heterocycles. The molecule has 8 heteroatoms. The zero-order valence-electron chi connectivity index (χ0n) is 11.0. The molecule has 1 aromatic rings. The predicted molar refractivity (Wildman–Crippen MR) is 83.6 cm³/mol. The third-order valence-electron chi connectivity index (χ3n) is 2.74. The lowest BCUT2D eigenvalue weighted by molar-refractivity contribution is -0.123. The fourth-order valence-electron chi connectivity index (χ4n) is 1.53. The second-order valence-electron chi connectivity index (χ2n) is 4.60. The number of amides is 3. The molecule has 21 heavy (non-hydrogen) atoms. The molecule has 0 radical (unpaired) electrons. The topological polar surface area (TPSA) is 111 Å². The Morgan fingerprint density at radius 1 is 1.33 bits per heavy atom. The molecule has 0 bridgehead atoms. The molecule has 0 spiro atoms. The SMILES string of the molecule is Nc1ccc(I)cc1C(=O)OCC(=O)NC(=O)NC1CC1. The monoisotopic (exact) mass is 403 g/mol. The predicted octanol–water partition coefficient (Wildman–Crippen LogP) is 1.02. The van der Waals surface area contributed by atoms with Crippen LogP contribution in [0.15, 0.2) is 18.2 Å². The summed E-state index contributed by atoms with van der Waals surface area (Å²) >= 11 is 2.03. The highest BCUT2D eigenvalue weighted by Crippen LogP contribution is 2.18. The van der Waals surface area contributed by atoms with E-state index >= 15 is 0 Å². The average Bonchev–Trinajstić information content (AvgIpc) is 3.22. The highest BCUT2D eigenvalue weighted by Gasteiger charge is 2.24. The van der Waals surface area contributed by atoms with Crippen LogP contribution in [-0.2, 0) is 9.53 Å². The van der Waals surface area contributed by atoms with Gasteiger partial charge in [0, 0.05) is 15.3 Å². The van der Waals surface area contributed by atoms with Crippen LogP contribution in [0.25, 0.3) is 0 Å². The number of carbonyl (C=O) groups excluding carboxylic acids is 3. The molecular weight excluding hydrogens is 389 g/mol. The Kier molecular flexibility index (Phi) is 4.99. The number of esters is 1. The summed E-state index contributed by atoms with van der Waals surface area (Å²) < 4.78 is 5.65. The minimum absolute atomic E-state index is 0.145.